The van der Waals surface area contributed by atoms with Crippen molar-refractivity contribution in [3.63, 3.8) is 0 Å². The lowest BCUT2D eigenvalue weighted by atomic mass is 9.92. The van der Waals surface area contributed by atoms with Crippen LogP contribution >= 0.6 is 11.3 Å². The maximum absolute atomic E-state index is 11.4. The molecule has 130 valence electrons. The van der Waals surface area contributed by atoms with E-state index in [1.165, 1.54) is 9.78 Å². The molecule has 1 atom stereocenters. The number of thiophene rings is 1. The quantitative estimate of drug-likeness (QED) is 0.783. The van der Waals surface area contributed by atoms with E-state index in [4.69, 9.17) is 5.73 Å². The minimum absolute atomic E-state index is 0.0173. The molecule has 1 amide bonds. The van der Waals surface area contributed by atoms with E-state index >= 15 is 0 Å². The fraction of sp³-hybridized carbons (Fsp3) is 0.625. The van der Waals surface area contributed by atoms with Gasteiger partial charge in [0, 0.05) is 29.6 Å². The molecular formula is C16H25N6OS+. The zero-order chi connectivity index (χ0) is 17.1. The van der Waals surface area contributed by atoms with Gasteiger partial charge in [-0.1, -0.05) is 19.9 Å². The van der Waals surface area contributed by atoms with Gasteiger partial charge >= 0.3 is 0 Å². The van der Waals surface area contributed by atoms with E-state index in [2.05, 4.69) is 40.8 Å². The van der Waals surface area contributed by atoms with Crippen molar-refractivity contribution in [2.75, 3.05) is 13.1 Å². The summed E-state index contributed by atoms with van der Waals surface area (Å²) in [6, 6.07) is 4.38. The van der Waals surface area contributed by atoms with Gasteiger partial charge in [-0.05, 0) is 21.9 Å². The number of primary amides is 1. The van der Waals surface area contributed by atoms with Crippen molar-refractivity contribution in [2.24, 2.45) is 17.6 Å². The summed E-state index contributed by atoms with van der Waals surface area (Å²) < 4.78 is 1.92. The SMILES string of the molecule is CC(C)[C@@H](c1nnnn1Cc1cccs1)[NH+]1CCC(C(N)=O)CC1. The first-order chi connectivity index (χ1) is 11.6. The number of nitrogens with zero attached hydrogens (tertiary/aromatic N) is 4. The molecule has 0 aromatic carbocycles. The van der Waals surface area contributed by atoms with Crippen LogP contribution in [0.3, 0.4) is 0 Å². The Kier molecular flexibility index (Phi) is 5.25. The number of aromatic nitrogens is 4. The van der Waals surface area contributed by atoms with Crippen LogP contribution in [0.2, 0.25) is 0 Å². The predicted octanol–water partition coefficient (Wildman–Crippen LogP) is 0.260. The molecule has 0 aliphatic carbocycles. The van der Waals surface area contributed by atoms with E-state index in [0.717, 1.165) is 31.8 Å². The number of nitrogens with one attached hydrogen (secondary N) is 1. The standard InChI is InChI=1S/C16H24N6OS/c1-11(2)14(21-7-5-12(6-8-21)15(17)23)16-18-19-20-22(16)10-13-4-3-9-24-13/h3-4,9,11-12,14H,5-8,10H2,1-2H3,(H2,17,23)/p+1/t14-/m0/s1. The number of carbonyl (C=O) groups is 1. The Hall–Kier alpha value is -1.80. The van der Waals surface area contributed by atoms with E-state index in [1.807, 2.05) is 10.7 Å². The Morgan fingerprint density at radius 3 is 2.79 bits per heavy atom. The van der Waals surface area contributed by atoms with Crippen LogP contribution < -0.4 is 10.6 Å². The summed E-state index contributed by atoms with van der Waals surface area (Å²) in [5.41, 5.74) is 5.46. The van der Waals surface area contributed by atoms with Crippen LogP contribution in [0.25, 0.3) is 0 Å². The van der Waals surface area contributed by atoms with Gasteiger partial charge < -0.3 is 10.6 Å². The lowest BCUT2D eigenvalue weighted by Crippen LogP contribution is -3.14. The van der Waals surface area contributed by atoms with Crippen molar-refractivity contribution in [2.45, 2.75) is 39.3 Å². The molecule has 0 radical (unpaired) electrons. The second-order valence-electron chi connectivity index (χ2n) is 6.83. The number of hydrogen-bond donors (Lipinski definition) is 2. The minimum atomic E-state index is -0.169. The monoisotopic (exact) mass is 349 g/mol. The number of hydrogen-bond acceptors (Lipinski definition) is 5. The van der Waals surface area contributed by atoms with Crippen molar-refractivity contribution < 1.29 is 9.69 Å². The number of piperidine rings is 1. The van der Waals surface area contributed by atoms with Crippen molar-refractivity contribution in [3.05, 3.63) is 28.2 Å². The first-order valence-electron chi connectivity index (χ1n) is 8.48. The number of nitrogens with two attached hydrogens (primary N) is 1. The van der Waals surface area contributed by atoms with Gasteiger partial charge in [0.15, 0.2) is 6.04 Å². The Bertz CT molecular complexity index is 660. The summed E-state index contributed by atoms with van der Waals surface area (Å²) in [7, 11) is 0. The van der Waals surface area contributed by atoms with Gasteiger partial charge in [0.2, 0.25) is 11.7 Å². The Morgan fingerprint density at radius 2 is 2.21 bits per heavy atom. The zero-order valence-electron chi connectivity index (χ0n) is 14.2. The van der Waals surface area contributed by atoms with Crippen LogP contribution in [0.1, 0.15) is 43.4 Å². The number of carbonyl (C=O) groups excluding carboxylic acids is 1. The first kappa shape index (κ1) is 17.0. The Morgan fingerprint density at radius 1 is 1.46 bits per heavy atom. The Labute approximate surface area is 145 Å². The number of amides is 1. The molecule has 1 saturated heterocycles. The maximum atomic E-state index is 11.4. The molecular weight excluding hydrogens is 324 g/mol. The highest BCUT2D eigenvalue weighted by atomic mass is 32.1. The third kappa shape index (κ3) is 3.64. The van der Waals surface area contributed by atoms with Gasteiger partial charge in [0.1, 0.15) is 0 Å². The first-order valence-corrected chi connectivity index (χ1v) is 9.36. The van der Waals surface area contributed by atoms with Gasteiger partial charge in [-0.2, -0.15) is 0 Å². The van der Waals surface area contributed by atoms with Gasteiger partial charge in [0.25, 0.3) is 0 Å². The molecule has 3 rings (SSSR count). The summed E-state index contributed by atoms with van der Waals surface area (Å²) in [5, 5.41) is 14.5. The number of rotatable bonds is 6. The predicted molar refractivity (Wildman–Crippen MR) is 91.4 cm³/mol. The van der Waals surface area contributed by atoms with Crippen molar-refractivity contribution in [1.82, 2.24) is 20.2 Å². The number of tetrazole rings is 1. The molecule has 8 heteroatoms. The lowest BCUT2D eigenvalue weighted by Gasteiger charge is -2.35. The largest absolute Gasteiger partial charge is 0.369 e. The topological polar surface area (TPSA) is 91.1 Å². The van der Waals surface area contributed by atoms with Crippen molar-refractivity contribution in [1.29, 1.82) is 0 Å². The molecule has 1 fully saturated rings. The van der Waals surface area contributed by atoms with E-state index in [0.29, 0.717) is 12.5 Å². The normalized spacial score (nSPS) is 22.6. The third-order valence-electron chi connectivity index (χ3n) is 4.86. The molecule has 0 unspecified atom stereocenters. The number of quaternary nitrogens is 1. The molecule has 2 aromatic rings. The summed E-state index contributed by atoms with van der Waals surface area (Å²) in [6.45, 7) is 7.00. The van der Waals surface area contributed by atoms with Crippen molar-refractivity contribution >= 4 is 17.2 Å². The van der Waals surface area contributed by atoms with E-state index in [9.17, 15) is 4.79 Å². The minimum Gasteiger partial charge on any atom is -0.369 e. The second-order valence-corrected chi connectivity index (χ2v) is 7.86. The molecule has 0 bridgehead atoms. The van der Waals surface area contributed by atoms with Crippen LogP contribution in [-0.4, -0.2) is 39.2 Å². The highest BCUT2D eigenvalue weighted by Gasteiger charge is 2.36. The summed E-state index contributed by atoms with van der Waals surface area (Å²) in [5.74, 6) is 1.20. The fourth-order valence-corrected chi connectivity index (χ4v) is 4.32. The molecule has 24 heavy (non-hydrogen) atoms. The van der Waals surface area contributed by atoms with E-state index in [-0.39, 0.29) is 17.9 Å². The average Bonchev–Trinajstić information content (AvgIpc) is 3.21. The summed E-state index contributed by atoms with van der Waals surface area (Å²) in [6.07, 6.45) is 1.70. The van der Waals surface area contributed by atoms with E-state index < -0.39 is 0 Å². The number of likely N-dealkylation sites (tertiary alicyclic amines) is 1. The van der Waals surface area contributed by atoms with Gasteiger partial charge in [-0.15, -0.1) is 16.4 Å². The molecule has 7 nitrogen and oxygen atoms in total. The smallest absolute Gasteiger partial charge is 0.220 e. The van der Waals surface area contributed by atoms with Gasteiger partial charge in [-0.3, -0.25) is 4.79 Å². The van der Waals surface area contributed by atoms with Crippen molar-refractivity contribution in [3.8, 4) is 0 Å². The van der Waals surface area contributed by atoms with Crippen LogP contribution in [0.15, 0.2) is 17.5 Å². The average molecular weight is 349 g/mol. The molecule has 3 N–H and O–H groups in total. The zero-order valence-corrected chi connectivity index (χ0v) is 15.0. The Balaban J connectivity index is 1.77. The summed E-state index contributed by atoms with van der Waals surface area (Å²) >= 11 is 1.71. The fourth-order valence-electron chi connectivity index (χ4n) is 3.63. The molecule has 0 saturated carbocycles. The van der Waals surface area contributed by atoms with E-state index in [1.54, 1.807) is 11.3 Å². The van der Waals surface area contributed by atoms with Crippen LogP contribution in [0, 0.1) is 11.8 Å². The molecule has 1 aliphatic rings. The highest BCUT2D eigenvalue weighted by Crippen LogP contribution is 2.20. The summed E-state index contributed by atoms with van der Waals surface area (Å²) in [4.78, 5) is 14.1. The van der Waals surface area contributed by atoms with Gasteiger partial charge in [0.05, 0.1) is 19.6 Å². The van der Waals surface area contributed by atoms with Gasteiger partial charge in [-0.25, -0.2) is 4.68 Å². The molecule has 3 heterocycles. The second kappa shape index (κ2) is 7.40. The highest BCUT2D eigenvalue weighted by molar-refractivity contribution is 7.09. The van der Waals surface area contributed by atoms with Crippen LogP contribution in [-0.2, 0) is 11.3 Å². The molecule has 0 spiro atoms. The molecule has 1 aliphatic heterocycles. The maximum Gasteiger partial charge on any atom is 0.220 e. The lowest BCUT2D eigenvalue weighted by molar-refractivity contribution is -0.941. The third-order valence-corrected chi connectivity index (χ3v) is 5.72. The van der Waals surface area contributed by atoms with Crippen LogP contribution in [0.5, 0.6) is 0 Å². The molecule has 2 aromatic heterocycles. The van der Waals surface area contributed by atoms with Crippen LogP contribution in [0.4, 0.5) is 0 Å².